The molecule has 0 spiro atoms. The Bertz CT molecular complexity index is 923. The van der Waals surface area contributed by atoms with E-state index in [-0.39, 0.29) is 6.54 Å². The van der Waals surface area contributed by atoms with Gasteiger partial charge in [0.25, 0.3) is 0 Å². The average molecular weight is 379 g/mol. The lowest BCUT2D eigenvalue weighted by atomic mass is 10.1. The highest BCUT2D eigenvalue weighted by molar-refractivity contribution is 5.96. The molecule has 0 fully saturated rings. The Morgan fingerprint density at radius 1 is 1.04 bits per heavy atom. The van der Waals surface area contributed by atoms with E-state index in [1.165, 1.54) is 7.05 Å². The molecule has 0 aliphatic rings. The van der Waals surface area contributed by atoms with Crippen LogP contribution in [0.1, 0.15) is 5.56 Å². The normalized spacial score (nSPS) is 10.3. The third kappa shape index (κ3) is 5.37. The van der Waals surface area contributed by atoms with Gasteiger partial charge in [-0.25, -0.2) is 4.79 Å². The zero-order valence-corrected chi connectivity index (χ0v) is 15.4. The molecule has 0 saturated heterocycles. The van der Waals surface area contributed by atoms with Crippen molar-refractivity contribution in [2.75, 3.05) is 18.9 Å². The summed E-state index contributed by atoms with van der Waals surface area (Å²) < 4.78 is 0. The minimum Gasteiger partial charge on any atom is -0.376 e. The van der Waals surface area contributed by atoms with Gasteiger partial charge in [0.15, 0.2) is 0 Å². The molecular formula is C19H21N7O2. The van der Waals surface area contributed by atoms with Crippen molar-refractivity contribution in [3.8, 4) is 11.4 Å². The number of nitrogens with zero attached hydrogens (tertiary/aromatic N) is 4. The number of carbonyl (C=O) groups excluding carboxylic acids is 2. The van der Waals surface area contributed by atoms with E-state index in [2.05, 4.69) is 31.4 Å². The second kappa shape index (κ2) is 9.26. The molecule has 1 heterocycles. The Balaban J connectivity index is 1.48. The average Bonchev–Trinajstić information content (AvgIpc) is 3.21. The van der Waals surface area contributed by atoms with Crippen LogP contribution in [0.4, 0.5) is 10.5 Å². The van der Waals surface area contributed by atoms with Crippen molar-refractivity contribution in [1.82, 2.24) is 30.8 Å². The van der Waals surface area contributed by atoms with Gasteiger partial charge in [0.05, 0.1) is 13.1 Å². The SMILES string of the molecule is CNC(=O)NC(=O)CNc1ccc(CCn2nnc(-c3ccccc3)n2)cc1. The molecule has 28 heavy (non-hydrogen) atoms. The monoisotopic (exact) mass is 379 g/mol. The molecule has 3 amide bonds. The number of aromatic nitrogens is 4. The number of aryl methyl sites for hydroxylation is 2. The van der Waals surface area contributed by atoms with Gasteiger partial charge in [0, 0.05) is 18.3 Å². The smallest absolute Gasteiger partial charge is 0.321 e. The minimum atomic E-state index is -0.528. The second-order valence-corrected chi connectivity index (χ2v) is 6.00. The van der Waals surface area contributed by atoms with Gasteiger partial charge in [-0.05, 0) is 29.3 Å². The van der Waals surface area contributed by atoms with Gasteiger partial charge in [0.2, 0.25) is 11.7 Å². The molecule has 0 bridgehead atoms. The highest BCUT2D eigenvalue weighted by Gasteiger charge is 2.07. The summed E-state index contributed by atoms with van der Waals surface area (Å²) in [6.07, 6.45) is 0.752. The number of carbonyl (C=O) groups is 2. The molecule has 1 aromatic heterocycles. The Morgan fingerprint density at radius 2 is 1.79 bits per heavy atom. The molecule has 0 unspecified atom stereocenters. The van der Waals surface area contributed by atoms with Crippen LogP contribution in [0.15, 0.2) is 54.6 Å². The number of urea groups is 1. The number of amides is 3. The summed E-state index contributed by atoms with van der Waals surface area (Å²) in [5, 5.41) is 20.1. The second-order valence-electron chi connectivity index (χ2n) is 6.00. The lowest BCUT2D eigenvalue weighted by Gasteiger charge is -2.07. The quantitative estimate of drug-likeness (QED) is 0.573. The van der Waals surface area contributed by atoms with E-state index in [0.717, 1.165) is 23.2 Å². The molecule has 0 aliphatic carbocycles. The number of hydrogen-bond acceptors (Lipinski definition) is 6. The number of tetrazole rings is 1. The van der Waals surface area contributed by atoms with Crippen molar-refractivity contribution < 1.29 is 9.59 Å². The maximum absolute atomic E-state index is 11.6. The van der Waals surface area contributed by atoms with Gasteiger partial charge >= 0.3 is 6.03 Å². The number of rotatable bonds is 7. The number of nitrogens with one attached hydrogen (secondary N) is 3. The van der Waals surface area contributed by atoms with Gasteiger partial charge in [-0.3, -0.25) is 10.1 Å². The van der Waals surface area contributed by atoms with E-state index < -0.39 is 11.9 Å². The summed E-state index contributed by atoms with van der Waals surface area (Å²) in [7, 11) is 1.45. The first-order valence-corrected chi connectivity index (χ1v) is 8.81. The maximum Gasteiger partial charge on any atom is 0.321 e. The molecule has 0 atom stereocenters. The van der Waals surface area contributed by atoms with Crippen LogP contribution in [-0.2, 0) is 17.8 Å². The highest BCUT2D eigenvalue weighted by atomic mass is 16.2. The van der Waals surface area contributed by atoms with Gasteiger partial charge in [-0.1, -0.05) is 42.5 Å². The first-order chi connectivity index (χ1) is 13.6. The standard InChI is InChI=1S/C19H21N7O2/c1-20-19(28)22-17(27)13-21-16-9-7-14(8-10-16)11-12-26-24-18(23-25-26)15-5-3-2-4-6-15/h2-10,21H,11-13H2,1H3,(H2,20,22,27,28). The molecule has 9 heteroatoms. The Kier molecular flexibility index (Phi) is 6.29. The molecule has 9 nitrogen and oxygen atoms in total. The van der Waals surface area contributed by atoms with Crippen molar-refractivity contribution in [2.45, 2.75) is 13.0 Å². The van der Waals surface area contributed by atoms with Crippen molar-refractivity contribution in [1.29, 1.82) is 0 Å². The Morgan fingerprint density at radius 3 is 2.50 bits per heavy atom. The molecular weight excluding hydrogens is 358 g/mol. The number of anilines is 1. The maximum atomic E-state index is 11.6. The number of benzene rings is 2. The van der Waals surface area contributed by atoms with Crippen molar-refractivity contribution in [3.05, 3.63) is 60.2 Å². The van der Waals surface area contributed by atoms with Gasteiger partial charge in [0.1, 0.15) is 0 Å². The Labute approximate surface area is 162 Å². The van der Waals surface area contributed by atoms with E-state index in [9.17, 15) is 9.59 Å². The first-order valence-electron chi connectivity index (χ1n) is 8.81. The largest absolute Gasteiger partial charge is 0.376 e. The highest BCUT2D eigenvalue weighted by Crippen LogP contribution is 2.13. The summed E-state index contributed by atoms with van der Waals surface area (Å²) in [6, 6.07) is 16.9. The molecule has 0 saturated carbocycles. The lowest BCUT2D eigenvalue weighted by molar-refractivity contribution is -0.118. The predicted octanol–water partition coefficient (Wildman–Crippen LogP) is 1.45. The fourth-order valence-electron chi connectivity index (χ4n) is 2.47. The van der Waals surface area contributed by atoms with E-state index in [4.69, 9.17) is 0 Å². The predicted molar refractivity (Wildman–Crippen MR) is 104 cm³/mol. The van der Waals surface area contributed by atoms with Gasteiger partial charge < -0.3 is 10.6 Å². The molecule has 3 N–H and O–H groups in total. The van der Waals surface area contributed by atoms with Crippen LogP contribution in [0.25, 0.3) is 11.4 Å². The van der Waals surface area contributed by atoms with E-state index in [1.807, 2.05) is 54.6 Å². The van der Waals surface area contributed by atoms with Crippen LogP contribution >= 0.6 is 0 Å². The van der Waals surface area contributed by atoms with E-state index >= 15 is 0 Å². The molecule has 3 rings (SSSR count). The Hall–Kier alpha value is -3.75. The summed E-state index contributed by atoms with van der Waals surface area (Å²) in [6.45, 7) is 0.624. The minimum absolute atomic E-state index is 0.0118. The zero-order valence-electron chi connectivity index (χ0n) is 15.4. The van der Waals surface area contributed by atoms with Crippen molar-refractivity contribution in [2.24, 2.45) is 0 Å². The fraction of sp³-hybridized carbons (Fsp3) is 0.211. The van der Waals surface area contributed by atoms with Gasteiger partial charge in [-0.2, -0.15) is 4.80 Å². The molecule has 2 aromatic carbocycles. The van der Waals surface area contributed by atoms with Crippen LogP contribution in [0.3, 0.4) is 0 Å². The molecule has 3 aromatic rings. The third-order valence-electron chi connectivity index (χ3n) is 3.97. The van der Waals surface area contributed by atoms with E-state index in [1.54, 1.807) is 4.80 Å². The number of hydrogen-bond donors (Lipinski definition) is 3. The van der Waals surface area contributed by atoms with Crippen molar-refractivity contribution in [3.63, 3.8) is 0 Å². The lowest BCUT2D eigenvalue weighted by Crippen LogP contribution is -2.40. The topological polar surface area (TPSA) is 114 Å². The van der Waals surface area contributed by atoms with Gasteiger partial charge in [-0.15, -0.1) is 10.2 Å². The van der Waals surface area contributed by atoms with Crippen LogP contribution in [0, 0.1) is 0 Å². The summed E-state index contributed by atoms with van der Waals surface area (Å²) in [4.78, 5) is 24.2. The van der Waals surface area contributed by atoms with E-state index in [0.29, 0.717) is 12.4 Å². The molecule has 0 aliphatic heterocycles. The third-order valence-corrected chi connectivity index (χ3v) is 3.97. The fourth-order valence-corrected chi connectivity index (χ4v) is 2.47. The molecule has 144 valence electrons. The summed E-state index contributed by atoms with van der Waals surface area (Å²) >= 11 is 0. The van der Waals surface area contributed by atoms with Crippen LogP contribution in [-0.4, -0.2) is 45.7 Å². The molecule has 0 radical (unpaired) electrons. The summed E-state index contributed by atoms with van der Waals surface area (Å²) in [5.74, 6) is 0.199. The van der Waals surface area contributed by atoms with Crippen LogP contribution in [0.2, 0.25) is 0 Å². The summed E-state index contributed by atoms with van der Waals surface area (Å²) in [5.41, 5.74) is 2.84. The van der Waals surface area contributed by atoms with Crippen LogP contribution in [0.5, 0.6) is 0 Å². The first kappa shape index (κ1) is 19.0. The zero-order chi connectivity index (χ0) is 19.8. The number of imide groups is 1. The van der Waals surface area contributed by atoms with Crippen LogP contribution < -0.4 is 16.0 Å². The van der Waals surface area contributed by atoms with Crippen molar-refractivity contribution >= 4 is 17.6 Å².